The highest BCUT2D eigenvalue weighted by Crippen LogP contribution is 2.21. The van der Waals surface area contributed by atoms with Gasteiger partial charge in [-0.1, -0.05) is 18.2 Å². The van der Waals surface area contributed by atoms with Crippen LogP contribution in [0.15, 0.2) is 48.5 Å². The zero-order chi connectivity index (χ0) is 18.5. The molecular weight excluding hydrogens is 330 g/mol. The molecule has 0 aromatic heterocycles. The van der Waals surface area contributed by atoms with Gasteiger partial charge in [-0.25, -0.2) is 4.79 Å². The number of benzene rings is 2. The molecule has 136 valence electrons. The maximum absolute atomic E-state index is 12.7. The van der Waals surface area contributed by atoms with Crippen molar-refractivity contribution >= 4 is 11.9 Å². The summed E-state index contributed by atoms with van der Waals surface area (Å²) in [5.74, 6) is 0.177. The Morgan fingerprint density at radius 1 is 1.08 bits per heavy atom. The van der Waals surface area contributed by atoms with Crippen LogP contribution in [0.3, 0.4) is 0 Å². The molecule has 0 bridgehead atoms. The fourth-order valence-corrected chi connectivity index (χ4v) is 3.25. The maximum atomic E-state index is 12.7. The Hall–Kier alpha value is -2.82. The van der Waals surface area contributed by atoms with Crippen molar-refractivity contribution in [3.8, 4) is 5.75 Å². The molecule has 0 spiro atoms. The van der Waals surface area contributed by atoms with Crippen LogP contribution in [0.4, 0.5) is 0 Å². The molecule has 3 rings (SSSR count). The van der Waals surface area contributed by atoms with Gasteiger partial charge in [0.1, 0.15) is 5.75 Å². The molecule has 0 aliphatic carbocycles. The van der Waals surface area contributed by atoms with Gasteiger partial charge in [0, 0.05) is 18.7 Å². The first-order valence-electron chi connectivity index (χ1n) is 8.85. The number of carboxylic acids is 1. The molecule has 5 heteroatoms. The monoisotopic (exact) mass is 353 g/mol. The predicted octanol–water partition coefficient (Wildman–Crippen LogP) is 3.62. The average molecular weight is 353 g/mol. The Balaban J connectivity index is 1.56. The molecule has 1 saturated heterocycles. The van der Waals surface area contributed by atoms with Gasteiger partial charge in [-0.2, -0.15) is 0 Å². The molecule has 1 N–H and O–H groups in total. The summed E-state index contributed by atoms with van der Waals surface area (Å²) in [4.78, 5) is 25.7. The summed E-state index contributed by atoms with van der Waals surface area (Å²) in [5.41, 5.74) is 1.38. The number of likely N-dealkylation sites (tertiary alicyclic amines) is 1. The van der Waals surface area contributed by atoms with Gasteiger partial charge in [0.25, 0.3) is 5.91 Å². The van der Waals surface area contributed by atoms with Gasteiger partial charge >= 0.3 is 5.97 Å². The molecular formula is C21H23NO4. The van der Waals surface area contributed by atoms with Crippen molar-refractivity contribution < 1.29 is 19.4 Å². The summed E-state index contributed by atoms with van der Waals surface area (Å²) in [7, 11) is 0. The second-order valence-electron chi connectivity index (χ2n) is 6.75. The van der Waals surface area contributed by atoms with Crippen molar-refractivity contribution in [3.05, 3.63) is 65.2 Å². The molecule has 0 saturated carbocycles. The van der Waals surface area contributed by atoms with Crippen LogP contribution in [0.2, 0.25) is 0 Å². The highest BCUT2D eigenvalue weighted by Gasteiger charge is 2.24. The van der Waals surface area contributed by atoms with Crippen LogP contribution in [0.25, 0.3) is 0 Å². The lowest BCUT2D eigenvalue weighted by Crippen LogP contribution is -2.39. The third-order valence-corrected chi connectivity index (χ3v) is 4.70. The Morgan fingerprint density at radius 2 is 1.73 bits per heavy atom. The number of hydrogen-bond acceptors (Lipinski definition) is 3. The third kappa shape index (κ3) is 4.42. The van der Waals surface area contributed by atoms with E-state index in [1.807, 2.05) is 30.3 Å². The molecule has 2 aromatic carbocycles. The molecule has 2 aromatic rings. The molecule has 1 heterocycles. The van der Waals surface area contributed by atoms with Gasteiger partial charge in [-0.15, -0.1) is 0 Å². The minimum atomic E-state index is -1.01. The molecule has 1 fully saturated rings. The number of ether oxygens (including phenoxy) is 1. The van der Waals surface area contributed by atoms with Crippen molar-refractivity contribution in [2.24, 2.45) is 5.92 Å². The predicted molar refractivity (Wildman–Crippen MR) is 98.7 cm³/mol. The second-order valence-corrected chi connectivity index (χ2v) is 6.75. The minimum absolute atomic E-state index is 0.0985. The molecule has 0 atom stereocenters. The number of carbonyl (C=O) groups excluding carboxylic acids is 1. The summed E-state index contributed by atoms with van der Waals surface area (Å²) < 4.78 is 5.81. The van der Waals surface area contributed by atoms with Gasteiger partial charge < -0.3 is 14.7 Å². The smallest absolute Gasteiger partial charge is 0.335 e. The van der Waals surface area contributed by atoms with E-state index >= 15 is 0 Å². The standard InChI is InChI=1S/C21H23NO4/c1-15-11-17(13-18(12-15)21(24)25)20(23)22-9-7-16(8-10-22)14-26-19-5-3-2-4-6-19/h2-6,11-13,16H,7-10,14H2,1H3,(H,24,25). The van der Waals surface area contributed by atoms with E-state index in [1.165, 1.54) is 6.07 Å². The van der Waals surface area contributed by atoms with Gasteiger partial charge in [0.05, 0.1) is 12.2 Å². The van der Waals surface area contributed by atoms with Crippen molar-refractivity contribution in [1.82, 2.24) is 4.90 Å². The molecule has 1 aliphatic rings. The maximum Gasteiger partial charge on any atom is 0.335 e. The number of carbonyl (C=O) groups is 2. The lowest BCUT2D eigenvalue weighted by Gasteiger charge is -2.32. The van der Waals surface area contributed by atoms with E-state index in [1.54, 1.807) is 24.0 Å². The first kappa shape index (κ1) is 18.0. The van der Waals surface area contributed by atoms with Crippen LogP contribution in [-0.2, 0) is 0 Å². The second kappa shape index (κ2) is 8.04. The number of rotatable bonds is 5. The van der Waals surface area contributed by atoms with Gasteiger partial charge in [0.15, 0.2) is 0 Å². The van der Waals surface area contributed by atoms with E-state index in [9.17, 15) is 14.7 Å². The summed E-state index contributed by atoms with van der Waals surface area (Å²) in [6.07, 6.45) is 1.77. The Labute approximate surface area is 153 Å². The van der Waals surface area contributed by atoms with Crippen LogP contribution >= 0.6 is 0 Å². The molecule has 26 heavy (non-hydrogen) atoms. The van der Waals surface area contributed by atoms with Crippen LogP contribution < -0.4 is 4.74 Å². The van der Waals surface area contributed by atoms with E-state index in [2.05, 4.69) is 0 Å². The van der Waals surface area contributed by atoms with Crippen LogP contribution in [0.5, 0.6) is 5.75 Å². The highest BCUT2D eigenvalue weighted by molar-refractivity contribution is 5.97. The number of piperidine rings is 1. The fraction of sp³-hybridized carbons (Fsp3) is 0.333. The quantitative estimate of drug-likeness (QED) is 0.891. The van der Waals surface area contributed by atoms with Crippen molar-refractivity contribution in [2.75, 3.05) is 19.7 Å². The normalized spacial score (nSPS) is 14.9. The number of nitrogens with zero attached hydrogens (tertiary/aromatic N) is 1. The van der Waals surface area contributed by atoms with E-state index in [4.69, 9.17) is 4.74 Å². The largest absolute Gasteiger partial charge is 0.493 e. The first-order valence-corrected chi connectivity index (χ1v) is 8.85. The third-order valence-electron chi connectivity index (χ3n) is 4.70. The number of aromatic carboxylic acids is 1. The van der Waals surface area contributed by atoms with Crippen LogP contribution in [0.1, 0.15) is 39.1 Å². The summed E-state index contributed by atoms with van der Waals surface area (Å²) in [6, 6.07) is 14.5. The summed E-state index contributed by atoms with van der Waals surface area (Å²) in [6.45, 7) is 3.78. The zero-order valence-corrected chi connectivity index (χ0v) is 14.9. The Morgan fingerprint density at radius 3 is 2.38 bits per heavy atom. The minimum Gasteiger partial charge on any atom is -0.493 e. The van der Waals surface area contributed by atoms with Crippen LogP contribution in [-0.4, -0.2) is 41.6 Å². The number of para-hydroxylation sites is 1. The van der Waals surface area contributed by atoms with Crippen molar-refractivity contribution in [2.45, 2.75) is 19.8 Å². The topological polar surface area (TPSA) is 66.8 Å². The number of hydrogen-bond donors (Lipinski definition) is 1. The van der Waals surface area contributed by atoms with E-state index in [0.717, 1.165) is 24.2 Å². The number of amides is 1. The lowest BCUT2D eigenvalue weighted by atomic mass is 9.96. The van der Waals surface area contributed by atoms with E-state index in [-0.39, 0.29) is 11.5 Å². The zero-order valence-electron chi connectivity index (χ0n) is 14.9. The molecule has 1 aliphatic heterocycles. The number of carboxylic acid groups (broad SMARTS) is 1. The van der Waals surface area contributed by atoms with Crippen molar-refractivity contribution in [1.29, 1.82) is 0 Å². The van der Waals surface area contributed by atoms with Crippen molar-refractivity contribution in [3.63, 3.8) is 0 Å². The van der Waals surface area contributed by atoms with E-state index < -0.39 is 5.97 Å². The lowest BCUT2D eigenvalue weighted by molar-refractivity contribution is 0.0661. The Kier molecular flexibility index (Phi) is 5.56. The van der Waals surface area contributed by atoms with Crippen LogP contribution in [0, 0.1) is 12.8 Å². The Bertz CT molecular complexity index is 780. The summed E-state index contributed by atoms with van der Waals surface area (Å²) in [5, 5.41) is 9.17. The fourth-order valence-electron chi connectivity index (χ4n) is 3.25. The van der Waals surface area contributed by atoms with Gasteiger partial charge in [-0.3, -0.25) is 4.79 Å². The SMILES string of the molecule is Cc1cc(C(=O)O)cc(C(=O)N2CCC(COc3ccccc3)CC2)c1. The molecule has 1 amide bonds. The van der Waals surface area contributed by atoms with Gasteiger partial charge in [0.2, 0.25) is 0 Å². The van der Waals surface area contributed by atoms with E-state index in [0.29, 0.717) is 31.2 Å². The highest BCUT2D eigenvalue weighted by atomic mass is 16.5. The molecule has 0 unspecified atom stereocenters. The average Bonchev–Trinajstić information content (AvgIpc) is 2.66. The van der Waals surface area contributed by atoms with Gasteiger partial charge in [-0.05, 0) is 61.6 Å². The first-order chi connectivity index (χ1) is 12.5. The summed E-state index contributed by atoms with van der Waals surface area (Å²) >= 11 is 0. The molecule has 5 nitrogen and oxygen atoms in total. The molecule has 0 radical (unpaired) electrons. The number of aryl methyl sites for hydroxylation is 1.